The molecule has 0 amide bonds. The second kappa shape index (κ2) is 5.24. The fourth-order valence-corrected chi connectivity index (χ4v) is 1.55. The molecule has 0 saturated carbocycles. The molecular weight excluding hydrogens is 188 g/mol. The Morgan fingerprint density at radius 2 is 2.33 bits per heavy atom. The molecule has 0 aliphatic carbocycles. The summed E-state index contributed by atoms with van der Waals surface area (Å²) in [5.41, 5.74) is 7.05. The summed E-state index contributed by atoms with van der Waals surface area (Å²) in [6, 6.07) is 3.97. The molecule has 0 spiro atoms. The van der Waals surface area contributed by atoms with E-state index in [0.717, 1.165) is 18.4 Å². The largest absolute Gasteiger partial charge is 0.377 e. The topological polar surface area (TPSA) is 48.1 Å². The smallest absolute Gasteiger partial charge is 0.0801 e. The molecule has 0 aliphatic rings. The number of nitrogens with two attached hydrogens (primary N) is 1. The number of rotatable bonds is 5. The number of methoxy groups -OCH3 is 1. The number of aromatic nitrogens is 1. The molecule has 2 N–H and O–H groups in total. The molecule has 3 heteroatoms. The molecule has 0 fully saturated rings. The van der Waals surface area contributed by atoms with Crippen LogP contribution in [0.2, 0.25) is 0 Å². The van der Waals surface area contributed by atoms with Gasteiger partial charge < -0.3 is 10.5 Å². The lowest BCUT2D eigenvalue weighted by Crippen LogP contribution is -2.48. The van der Waals surface area contributed by atoms with Crippen LogP contribution in [0.15, 0.2) is 24.5 Å². The van der Waals surface area contributed by atoms with Gasteiger partial charge in [0.25, 0.3) is 0 Å². The van der Waals surface area contributed by atoms with E-state index in [2.05, 4.69) is 11.9 Å². The highest BCUT2D eigenvalue weighted by Crippen LogP contribution is 2.20. The first kappa shape index (κ1) is 12.1. The standard InChI is InChI=1S/C12H20N2O/c1-4-12(2,15-3)11(13)8-10-6-5-7-14-9-10/h5-7,9,11H,4,8,13H2,1-3H3. The van der Waals surface area contributed by atoms with Gasteiger partial charge in [-0.25, -0.2) is 0 Å². The van der Waals surface area contributed by atoms with Crippen LogP contribution in [0.4, 0.5) is 0 Å². The Bertz CT molecular complexity index is 283. The maximum atomic E-state index is 6.15. The normalized spacial score (nSPS) is 17.1. The first-order valence-corrected chi connectivity index (χ1v) is 5.32. The Balaban J connectivity index is 2.66. The molecule has 2 atom stereocenters. The van der Waals surface area contributed by atoms with Crippen molar-refractivity contribution in [2.24, 2.45) is 5.73 Å². The van der Waals surface area contributed by atoms with Crippen LogP contribution in [0, 0.1) is 0 Å². The zero-order valence-electron chi connectivity index (χ0n) is 9.73. The molecule has 0 saturated heterocycles. The summed E-state index contributed by atoms with van der Waals surface area (Å²) < 4.78 is 5.48. The summed E-state index contributed by atoms with van der Waals surface area (Å²) in [6.45, 7) is 4.14. The zero-order chi connectivity index (χ0) is 11.3. The second-order valence-corrected chi connectivity index (χ2v) is 4.04. The molecule has 0 aromatic carbocycles. The highest BCUT2D eigenvalue weighted by molar-refractivity contribution is 5.11. The van der Waals surface area contributed by atoms with Gasteiger partial charge >= 0.3 is 0 Å². The molecule has 1 rings (SSSR count). The molecule has 1 heterocycles. The zero-order valence-corrected chi connectivity index (χ0v) is 9.73. The van der Waals surface area contributed by atoms with Crippen molar-refractivity contribution in [3.05, 3.63) is 30.1 Å². The van der Waals surface area contributed by atoms with E-state index in [-0.39, 0.29) is 11.6 Å². The Labute approximate surface area is 91.7 Å². The van der Waals surface area contributed by atoms with Gasteiger partial charge in [0.15, 0.2) is 0 Å². The van der Waals surface area contributed by atoms with E-state index in [1.54, 1.807) is 13.3 Å². The first-order chi connectivity index (χ1) is 7.12. The van der Waals surface area contributed by atoms with Gasteiger partial charge in [-0.1, -0.05) is 13.0 Å². The van der Waals surface area contributed by atoms with E-state index in [1.807, 2.05) is 25.3 Å². The first-order valence-electron chi connectivity index (χ1n) is 5.32. The molecule has 15 heavy (non-hydrogen) atoms. The van der Waals surface area contributed by atoms with E-state index in [4.69, 9.17) is 10.5 Å². The van der Waals surface area contributed by atoms with Crippen LogP contribution in [-0.4, -0.2) is 23.7 Å². The monoisotopic (exact) mass is 208 g/mol. The third kappa shape index (κ3) is 3.01. The maximum Gasteiger partial charge on any atom is 0.0801 e. The van der Waals surface area contributed by atoms with Crippen molar-refractivity contribution in [3.63, 3.8) is 0 Å². The number of hydrogen-bond donors (Lipinski definition) is 1. The second-order valence-electron chi connectivity index (χ2n) is 4.04. The molecule has 1 aromatic rings. The number of ether oxygens (including phenoxy) is 1. The molecular formula is C12H20N2O. The summed E-state index contributed by atoms with van der Waals surface area (Å²) in [5.74, 6) is 0. The fourth-order valence-electron chi connectivity index (χ4n) is 1.55. The van der Waals surface area contributed by atoms with Gasteiger partial charge in [0.05, 0.1) is 5.60 Å². The number of nitrogens with zero attached hydrogens (tertiary/aromatic N) is 1. The fraction of sp³-hybridized carbons (Fsp3) is 0.583. The Kier molecular flexibility index (Phi) is 4.24. The van der Waals surface area contributed by atoms with Crippen LogP contribution in [0.1, 0.15) is 25.8 Å². The highest BCUT2D eigenvalue weighted by atomic mass is 16.5. The van der Waals surface area contributed by atoms with Crippen LogP contribution in [0.25, 0.3) is 0 Å². The van der Waals surface area contributed by atoms with E-state index in [9.17, 15) is 0 Å². The summed E-state index contributed by atoms with van der Waals surface area (Å²) >= 11 is 0. The Hall–Kier alpha value is -0.930. The highest BCUT2D eigenvalue weighted by Gasteiger charge is 2.29. The van der Waals surface area contributed by atoms with Crippen molar-refractivity contribution in [3.8, 4) is 0 Å². The summed E-state index contributed by atoms with van der Waals surface area (Å²) in [4.78, 5) is 4.08. The van der Waals surface area contributed by atoms with Crippen molar-refractivity contribution >= 4 is 0 Å². The summed E-state index contributed by atoms with van der Waals surface area (Å²) in [6.07, 6.45) is 5.33. The minimum absolute atomic E-state index is 0.00306. The van der Waals surface area contributed by atoms with Crippen molar-refractivity contribution in [2.45, 2.75) is 38.3 Å². The average Bonchev–Trinajstić information content (AvgIpc) is 2.29. The predicted octanol–water partition coefficient (Wildman–Crippen LogP) is 1.77. The lowest BCUT2D eigenvalue weighted by Gasteiger charge is -2.33. The van der Waals surface area contributed by atoms with Crippen molar-refractivity contribution in [1.82, 2.24) is 4.98 Å². The lowest BCUT2D eigenvalue weighted by atomic mass is 9.89. The Morgan fingerprint density at radius 3 is 2.80 bits per heavy atom. The molecule has 0 radical (unpaired) electrons. The molecule has 84 valence electrons. The van der Waals surface area contributed by atoms with Crippen LogP contribution in [-0.2, 0) is 11.2 Å². The average molecular weight is 208 g/mol. The minimum Gasteiger partial charge on any atom is -0.377 e. The van der Waals surface area contributed by atoms with E-state index in [1.165, 1.54) is 0 Å². The van der Waals surface area contributed by atoms with Gasteiger partial charge in [-0.2, -0.15) is 0 Å². The predicted molar refractivity (Wildman–Crippen MR) is 61.6 cm³/mol. The van der Waals surface area contributed by atoms with Crippen molar-refractivity contribution in [2.75, 3.05) is 7.11 Å². The van der Waals surface area contributed by atoms with Crippen LogP contribution in [0.5, 0.6) is 0 Å². The Morgan fingerprint density at radius 1 is 1.60 bits per heavy atom. The van der Waals surface area contributed by atoms with Gasteiger partial charge in [-0.15, -0.1) is 0 Å². The number of hydrogen-bond acceptors (Lipinski definition) is 3. The SMILES string of the molecule is CCC(C)(OC)C(N)Cc1cccnc1. The third-order valence-corrected chi connectivity index (χ3v) is 3.13. The van der Waals surface area contributed by atoms with Crippen molar-refractivity contribution < 1.29 is 4.74 Å². The number of pyridine rings is 1. The van der Waals surface area contributed by atoms with Crippen LogP contribution in [0.3, 0.4) is 0 Å². The van der Waals surface area contributed by atoms with Gasteiger partial charge in [-0.3, -0.25) is 4.98 Å². The van der Waals surface area contributed by atoms with E-state index < -0.39 is 0 Å². The molecule has 2 unspecified atom stereocenters. The molecule has 0 bridgehead atoms. The molecule has 3 nitrogen and oxygen atoms in total. The van der Waals surface area contributed by atoms with Gasteiger partial charge in [0, 0.05) is 25.5 Å². The van der Waals surface area contributed by atoms with Crippen LogP contribution >= 0.6 is 0 Å². The van der Waals surface area contributed by atoms with Gasteiger partial charge in [-0.05, 0) is 31.4 Å². The van der Waals surface area contributed by atoms with Gasteiger partial charge in [0.1, 0.15) is 0 Å². The quantitative estimate of drug-likeness (QED) is 0.802. The third-order valence-electron chi connectivity index (χ3n) is 3.13. The minimum atomic E-state index is -0.254. The van der Waals surface area contributed by atoms with E-state index >= 15 is 0 Å². The summed E-state index contributed by atoms with van der Waals surface area (Å²) in [5, 5.41) is 0. The van der Waals surface area contributed by atoms with Gasteiger partial charge in [0.2, 0.25) is 0 Å². The molecule has 0 aliphatic heterocycles. The lowest BCUT2D eigenvalue weighted by molar-refractivity contribution is -0.0184. The summed E-state index contributed by atoms with van der Waals surface area (Å²) in [7, 11) is 1.71. The van der Waals surface area contributed by atoms with Crippen molar-refractivity contribution in [1.29, 1.82) is 0 Å². The van der Waals surface area contributed by atoms with Crippen LogP contribution < -0.4 is 5.73 Å². The van der Waals surface area contributed by atoms with E-state index in [0.29, 0.717) is 0 Å². The molecule has 1 aromatic heterocycles. The maximum absolute atomic E-state index is 6.15.